The predicted molar refractivity (Wildman–Crippen MR) is 87.9 cm³/mol. The van der Waals surface area contributed by atoms with E-state index in [2.05, 4.69) is 4.72 Å². The largest absolute Gasteiger partial charge is 0.493 e. The molecule has 0 radical (unpaired) electrons. The molecular weight excluding hydrogens is 318 g/mol. The predicted octanol–water partition coefficient (Wildman–Crippen LogP) is 1.46. The van der Waals surface area contributed by atoms with Gasteiger partial charge in [-0.05, 0) is 43.4 Å². The van der Waals surface area contributed by atoms with Crippen molar-refractivity contribution in [3.05, 3.63) is 29.8 Å². The average molecular weight is 343 g/mol. The first-order valence-electron chi connectivity index (χ1n) is 7.91. The Bertz CT molecular complexity index is 586. The first kappa shape index (κ1) is 18.2. The number of rotatable bonds is 11. The Labute approximate surface area is 137 Å². The van der Waals surface area contributed by atoms with Crippen LogP contribution in [0.25, 0.3) is 0 Å². The third kappa shape index (κ3) is 6.87. The van der Waals surface area contributed by atoms with E-state index in [0.717, 1.165) is 17.9 Å². The third-order valence-corrected chi connectivity index (χ3v) is 5.05. The Kier molecular flexibility index (Phi) is 6.83. The minimum atomic E-state index is -3.44. The zero-order chi connectivity index (χ0) is 16.7. The van der Waals surface area contributed by atoms with Gasteiger partial charge in [-0.2, -0.15) is 0 Å². The maximum absolute atomic E-state index is 12.0. The number of hydrogen-bond acceptors (Lipinski definition) is 5. The first-order valence-corrected chi connectivity index (χ1v) is 9.57. The topological polar surface area (TPSA) is 84.9 Å². The van der Waals surface area contributed by atoms with Gasteiger partial charge in [0.1, 0.15) is 5.75 Å². The molecule has 1 atom stereocenters. The monoisotopic (exact) mass is 343 g/mol. The van der Waals surface area contributed by atoms with Crippen LogP contribution in [-0.2, 0) is 14.8 Å². The van der Waals surface area contributed by atoms with E-state index >= 15 is 0 Å². The molecule has 2 N–H and O–H groups in total. The summed E-state index contributed by atoms with van der Waals surface area (Å²) in [5, 5.41) is 8.60. The minimum absolute atomic E-state index is 0.0627. The number of ether oxygens (including phenoxy) is 2. The van der Waals surface area contributed by atoms with Crippen molar-refractivity contribution in [2.45, 2.75) is 25.8 Å². The molecule has 0 aliphatic heterocycles. The van der Waals surface area contributed by atoms with Crippen LogP contribution in [0.3, 0.4) is 0 Å². The zero-order valence-corrected chi connectivity index (χ0v) is 14.2. The molecule has 7 heteroatoms. The van der Waals surface area contributed by atoms with Crippen molar-refractivity contribution in [1.82, 2.24) is 4.72 Å². The lowest BCUT2D eigenvalue weighted by molar-refractivity contribution is 0.102. The second-order valence-electron chi connectivity index (χ2n) is 5.82. The molecule has 6 nitrogen and oxygen atoms in total. The van der Waals surface area contributed by atoms with Crippen LogP contribution < -0.4 is 9.46 Å². The molecule has 1 fully saturated rings. The first-order chi connectivity index (χ1) is 11.0. The van der Waals surface area contributed by atoms with Gasteiger partial charge in [0.05, 0.1) is 32.2 Å². The summed E-state index contributed by atoms with van der Waals surface area (Å²) in [7, 11) is -3.44. The van der Waals surface area contributed by atoms with E-state index in [1.165, 1.54) is 12.8 Å². The Morgan fingerprint density at radius 2 is 2.13 bits per heavy atom. The number of nitrogens with one attached hydrogen (secondary N) is 1. The fourth-order valence-electron chi connectivity index (χ4n) is 2.10. The summed E-state index contributed by atoms with van der Waals surface area (Å²) in [5.74, 6) is 1.31. The van der Waals surface area contributed by atoms with Gasteiger partial charge in [-0.3, -0.25) is 0 Å². The van der Waals surface area contributed by atoms with Crippen LogP contribution in [0.15, 0.2) is 24.3 Å². The molecule has 1 aromatic carbocycles. The summed E-state index contributed by atoms with van der Waals surface area (Å²) < 4.78 is 37.3. The summed E-state index contributed by atoms with van der Waals surface area (Å²) in [6.45, 7) is 2.62. The summed E-state index contributed by atoms with van der Waals surface area (Å²) in [6, 6.07) is 7.15. The summed E-state index contributed by atoms with van der Waals surface area (Å²) >= 11 is 0. The van der Waals surface area contributed by atoms with Crippen molar-refractivity contribution in [3.63, 3.8) is 0 Å². The smallest absolute Gasteiger partial charge is 0.214 e. The van der Waals surface area contributed by atoms with E-state index in [0.29, 0.717) is 5.92 Å². The normalized spacial score (nSPS) is 16.3. The molecule has 1 aliphatic rings. The highest BCUT2D eigenvalue weighted by atomic mass is 32.2. The molecule has 2 rings (SSSR count). The van der Waals surface area contributed by atoms with Gasteiger partial charge in [-0.1, -0.05) is 12.1 Å². The SMILES string of the molecule is CC(NS(=O)(=O)CCOCCO)c1cccc(OCC2CC2)c1. The fraction of sp³-hybridized carbons (Fsp3) is 0.625. The quantitative estimate of drug-likeness (QED) is 0.594. The molecule has 0 saturated heterocycles. The molecule has 23 heavy (non-hydrogen) atoms. The van der Waals surface area contributed by atoms with Crippen LogP contribution in [0.4, 0.5) is 0 Å². The average Bonchev–Trinajstić information content (AvgIpc) is 3.34. The summed E-state index contributed by atoms with van der Waals surface area (Å²) in [4.78, 5) is 0. The molecule has 1 aliphatic carbocycles. The number of benzene rings is 1. The van der Waals surface area contributed by atoms with Crippen molar-refractivity contribution < 1.29 is 23.0 Å². The second-order valence-corrected chi connectivity index (χ2v) is 7.69. The Morgan fingerprint density at radius 3 is 2.83 bits per heavy atom. The molecule has 1 aromatic rings. The van der Waals surface area contributed by atoms with Gasteiger partial charge < -0.3 is 14.6 Å². The molecule has 1 unspecified atom stereocenters. The van der Waals surface area contributed by atoms with Gasteiger partial charge in [-0.15, -0.1) is 0 Å². The van der Waals surface area contributed by atoms with Crippen LogP contribution in [0, 0.1) is 5.92 Å². The van der Waals surface area contributed by atoms with Crippen LogP contribution in [0.5, 0.6) is 5.75 Å². The Balaban J connectivity index is 1.85. The number of sulfonamides is 1. The van der Waals surface area contributed by atoms with Crippen molar-refractivity contribution in [2.24, 2.45) is 5.92 Å². The van der Waals surface area contributed by atoms with Gasteiger partial charge in [-0.25, -0.2) is 13.1 Å². The molecule has 0 spiro atoms. The van der Waals surface area contributed by atoms with Crippen molar-refractivity contribution in [1.29, 1.82) is 0 Å². The Hall–Kier alpha value is -1.15. The van der Waals surface area contributed by atoms with Crippen LogP contribution in [0.1, 0.15) is 31.4 Å². The van der Waals surface area contributed by atoms with Crippen molar-refractivity contribution in [2.75, 3.05) is 32.2 Å². The third-order valence-electron chi connectivity index (χ3n) is 3.63. The highest BCUT2D eigenvalue weighted by Crippen LogP contribution is 2.30. The second kappa shape index (κ2) is 8.63. The minimum Gasteiger partial charge on any atom is -0.493 e. The van der Waals surface area contributed by atoms with Gasteiger partial charge in [0.2, 0.25) is 10.0 Å². The van der Waals surface area contributed by atoms with Crippen LogP contribution in [0.2, 0.25) is 0 Å². The fourth-order valence-corrected chi connectivity index (χ4v) is 3.23. The van der Waals surface area contributed by atoms with Gasteiger partial charge in [0, 0.05) is 6.04 Å². The van der Waals surface area contributed by atoms with Crippen LogP contribution >= 0.6 is 0 Å². The lowest BCUT2D eigenvalue weighted by Crippen LogP contribution is -2.31. The highest BCUT2D eigenvalue weighted by molar-refractivity contribution is 7.89. The molecule has 0 bridgehead atoms. The number of hydrogen-bond donors (Lipinski definition) is 2. The maximum Gasteiger partial charge on any atom is 0.214 e. The molecule has 0 heterocycles. The van der Waals surface area contributed by atoms with E-state index < -0.39 is 10.0 Å². The Morgan fingerprint density at radius 1 is 1.35 bits per heavy atom. The van der Waals surface area contributed by atoms with Gasteiger partial charge >= 0.3 is 0 Å². The van der Waals surface area contributed by atoms with E-state index in [1.807, 2.05) is 24.3 Å². The van der Waals surface area contributed by atoms with E-state index in [9.17, 15) is 8.42 Å². The van der Waals surface area contributed by atoms with E-state index in [-0.39, 0.29) is 31.6 Å². The lowest BCUT2D eigenvalue weighted by atomic mass is 10.1. The summed E-state index contributed by atoms with van der Waals surface area (Å²) in [6.07, 6.45) is 2.46. The standard InChI is InChI=1S/C16H25NO5S/c1-13(17-23(19,20)10-9-21-8-7-18)15-3-2-4-16(11-15)22-12-14-5-6-14/h2-4,11,13-14,17-18H,5-10,12H2,1H3. The van der Waals surface area contributed by atoms with Gasteiger partial charge in [0.15, 0.2) is 0 Å². The van der Waals surface area contributed by atoms with Crippen molar-refractivity contribution >= 4 is 10.0 Å². The molecule has 0 aromatic heterocycles. The molecule has 1 saturated carbocycles. The molecule has 130 valence electrons. The number of aliphatic hydroxyl groups excluding tert-OH is 1. The number of aliphatic hydroxyl groups is 1. The lowest BCUT2D eigenvalue weighted by Gasteiger charge is -2.16. The molecule has 0 amide bonds. The maximum atomic E-state index is 12.0. The van der Waals surface area contributed by atoms with E-state index in [4.69, 9.17) is 14.6 Å². The molecular formula is C16H25NO5S. The van der Waals surface area contributed by atoms with Gasteiger partial charge in [0.25, 0.3) is 0 Å². The van der Waals surface area contributed by atoms with Crippen molar-refractivity contribution in [3.8, 4) is 5.75 Å². The van der Waals surface area contributed by atoms with Crippen LogP contribution in [-0.4, -0.2) is 45.7 Å². The highest BCUT2D eigenvalue weighted by Gasteiger charge is 2.22. The zero-order valence-electron chi connectivity index (χ0n) is 13.4. The summed E-state index contributed by atoms with van der Waals surface area (Å²) in [5.41, 5.74) is 0.859. The van der Waals surface area contributed by atoms with E-state index in [1.54, 1.807) is 6.92 Å².